The number of rotatable bonds is 11. The number of ether oxygens (including phenoxy) is 1. The van der Waals surface area contributed by atoms with Crippen LogP contribution in [0.3, 0.4) is 0 Å². The normalized spacial score (nSPS) is 14.1. The quantitative estimate of drug-likeness (QED) is 0.375. The number of alkyl carbamates (subject to hydrolysis) is 1. The zero-order chi connectivity index (χ0) is 24.7. The smallest absolute Gasteiger partial charge is 0.407 e. The summed E-state index contributed by atoms with van der Waals surface area (Å²) in [5.41, 5.74) is 10.4. The van der Waals surface area contributed by atoms with Crippen LogP contribution in [0, 0.1) is 5.92 Å². The first-order valence-electron chi connectivity index (χ1n) is 11.7. The van der Waals surface area contributed by atoms with Crippen LogP contribution in [-0.2, 0) is 14.3 Å². The Morgan fingerprint density at radius 1 is 1.00 bits per heavy atom. The third-order valence-corrected chi connectivity index (χ3v) is 6.17. The Kier molecular flexibility index (Phi) is 8.65. The molecule has 8 heteroatoms. The number of carbonyl (C=O) groups is 3. The minimum atomic E-state index is -1.10. The van der Waals surface area contributed by atoms with Gasteiger partial charge in [0, 0.05) is 12.5 Å². The van der Waals surface area contributed by atoms with Crippen LogP contribution in [0.15, 0.2) is 48.5 Å². The van der Waals surface area contributed by atoms with Gasteiger partial charge < -0.3 is 26.2 Å². The van der Waals surface area contributed by atoms with Gasteiger partial charge in [-0.25, -0.2) is 9.59 Å². The molecule has 2 aromatic rings. The maximum atomic E-state index is 12.2. The van der Waals surface area contributed by atoms with Crippen LogP contribution in [0.25, 0.3) is 11.1 Å². The second kappa shape index (κ2) is 11.7. The van der Waals surface area contributed by atoms with Gasteiger partial charge in [-0.3, -0.25) is 4.79 Å². The SMILES string of the molecule is CC(C)[C@H](N)C(=O)N[C@@H](CCCCNC(=O)OCC1c2ccccc2-c2ccccc21)C(=O)O. The Bertz CT molecular complexity index is 978. The minimum Gasteiger partial charge on any atom is -0.480 e. The largest absolute Gasteiger partial charge is 0.480 e. The van der Waals surface area contributed by atoms with E-state index in [2.05, 4.69) is 34.9 Å². The van der Waals surface area contributed by atoms with E-state index in [1.54, 1.807) is 13.8 Å². The number of aliphatic carboxylic acids is 1. The highest BCUT2D eigenvalue weighted by molar-refractivity contribution is 5.86. The van der Waals surface area contributed by atoms with Crippen molar-refractivity contribution < 1.29 is 24.2 Å². The van der Waals surface area contributed by atoms with Crippen molar-refractivity contribution in [1.82, 2.24) is 10.6 Å². The highest BCUT2D eigenvalue weighted by Gasteiger charge is 2.29. The van der Waals surface area contributed by atoms with Crippen molar-refractivity contribution in [3.05, 3.63) is 59.7 Å². The Balaban J connectivity index is 1.41. The fourth-order valence-corrected chi connectivity index (χ4v) is 4.14. The molecular formula is C26H33N3O5. The van der Waals surface area contributed by atoms with Crippen molar-refractivity contribution in [2.45, 2.75) is 51.1 Å². The van der Waals surface area contributed by atoms with Crippen LogP contribution < -0.4 is 16.4 Å². The number of nitrogens with one attached hydrogen (secondary N) is 2. The topological polar surface area (TPSA) is 131 Å². The summed E-state index contributed by atoms with van der Waals surface area (Å²) >= 11 is 0. The third kappa shape index (κ3) is 6.14. The van der Waals surface area contributed by atoms with Crippen molar-refractivity contribution in [2.24, 2.45) is 11.7 Å². The third-order valence-electron chi connectivity index (χ3n) is 6.17. The number of nitrogens with two attached hydrogens (primary N) is 1. The van der Waals surface area contributed by atoms with Crippen LogP contribution >= 0.6 is 0 Å². The Morgan fingerprint density at radius 2 is 1.59 bits per heavy atom. The molecule has 1 aliphatic rings. The summed E-state index contributed by atoms with van der Waals surface area (Å²) in [6.07, 6.45) is 0.809. The van der Waals surface area contributed by atoms with E-state index in [1.807, 2.05) is 24.3 Å². The standard InChI is InChI=1S/C26H33N3O5/c1-16(2)23(27)24(30)29-22(25(31)32)13-7-8-14-28-26(33)34-15-21-19-11-5-3-9-17(19)18-10-4-6-12-20(18)21/h3-6,9-12,16,21-23H,7-8,13-15,27H2,1-2H3,(H,28,33)(H,29,30)(H,31,32)/t22-,23-/m0/s1. The highest BCUT2D eigenvalue weighted by atomic mass is 16.5. The molecule has 0 heterocycles. The van der Waals surface area contributed by atoms with Gasteiger partial charge in [0.25, 0.3) is 0 Å². The van der Waals surface area contributed by atoms with Crippen molar-refractivity contribution in [3.63, 3.8) is 0 Å². The van der Waals surface area contributed by atoms with Crippen LogP contribution in [0.2, 0.25) is 0 Å². The average Bonchev–Trinajstić information content (AvgIpc) is 3.14. The fraction of sp³-hybridized carbons (Fsp3) is 0.423. The Hall–Kier alpha value is -3.39. The summed E-state index contributed by atoms with van der Waals surface area (Å²) in [5.74, 6) is -1.67. The second-order valence-corrected chi connectivity index (χ2v) is 8.92. The first-order chi connectivity index (χ1) is 16.3. The second-order valence-electron chi connectivity index (χ2n) is 8.92. The molecule has 2 aromatic carbocycles. The molecule has 2 atom stereocenters. The summed E-state index contributed by atoms with van der Waals surface area (Å²) in [5, 5.41) is 14.6. The number of hydrogen-bond acceptors (Lipinski definition) is 5. The molecule has 0 fully saturated rings. The number of benzene rings is 2. The zero-order valence-electron chi connectivity index (χ0n) is 19.6. The predicted octanol–water partition coefficient (Wildman–Crippen LogP) is 3.25. The summed E-state index contributed by atoms with van der Waals surface area (Å²) in [6, 6.07) is 14.5. The van der Waals surface area contributed by atoms with Crippen LogP contribution in [0.4, 0.5) is 4.79 Å². The number of hydrogen-bond donors (Lipinski definition) is 4. The lowest BCUT2D eigenvalue weighted by Gasteiger charge is -2.19. The van der Waals surface area contributed by atoms with Crippen LogP contribution in [0.5, 0.6) is 0 Å². The molecule has 5 N–H and O–H groups in total. The molecule has 0 saturated carbocycles. The summed E-state index contributed by atoms with van der Waals surface area (Å²) in [6.45, 7) is 4.19. The predicted molar refractivity (Wildman–Crippen MR) is 129 cm³/mol. The molecular weight excluding hydrogens is 434 g/mol. The lowest BCUT2D eigenvalue weighted by atomic mass is 9.98. The van der Waals surface area contributed by atoms with Crippen molar-refractivity contribution >= 4 is 18.0 Å². The summed E-state index contributed by atoms with van der Waals surface area (Å²) < 4.78 is 5.49. The zero-order valence-corrected chi connectivity index (χ0v) is 19.6. The van der Waals surface area contributed by atoms with Crippen molar-refractivity contribution in [1.29, 1.82) is 0 Å². The van der Waals surface area contributed by atoms with Gasteiger partial charge in [-0.15, -0.1) is 0 Å². The van der Waals surface area contributed by atoms with E-state index < -0.39 is 30.1 Å². The minimum absolute atomic E-state index is 0.00436. The maximum absolute atomic E-state index is 12.2. The first-order valence-corrected chi connectivity index (χ1v) is 11.7. The highest BCUT2D eigenvalue weighted by Crippen LogP contribution is 2.44. The molecule has 0 aliphatic heterocycles. The van der Waals surface area contributed by atoms with Crippen LogP contribution in [-0.4, -0.2) is 48.3 Å². The first kappa shape index (κ1) is 25.2. The van der Waals surface area contributed by atoms with E-state index >= 15 is 0 Å². The molecule has 8 nitrogen and oxygen atoms in total. The van der Waals surface area contributed by atoms with E-state index in [0.29, 0.717) is 19.4 Å². The molecule has 3 rings (SSSR count). The summed E-state index contributed by atoms with van der Waals surface area (Å²) in [4.78, 5) is 35.7. The lowest BCUT2D eigenvalue weighted by Crippen LogP contribution is -2.50. The molecule has 0 unspecified atom stereocenters. The molecule has 0 saturated heterocycles. The van der Waals surface area contributed by atoms with E-state index in [-0.39, 0.29) is 24.9 Å². The van der Waals surface area contributed by atoms with Crippen molar-refractivity contribution in [3.8, 4) is 11.1 Å². The van der Waals surface area contributed by atoms with Gasteiger partial charge in [0.15, 0.2) is 0 Å². The van der Waals surface area contributed by atoms with Gasteiger partial charge in [-0.1, -0.05) is 62.4 Å². The van der Waals surface area contributed by atoms with E-state index in [9.17, 15) is 19.5 Å². The monoisotopic (exact) mass is 467 g/mol. The van der Waals surface area contributed by atoms with E-state index in [4.69, 9.17) is 10.5 Å². The number of carboxylic acids is 1. The van der Waals surface area contributed by atoms with Crippen molar-refractivity contribution in [2.75, 3.05) is 13.2 Å². The number of carbonyl (C=O) groups excluding carboxylic acids is 2. The van der Waals surface area contributed by atoms with Gasteiger partial charge in [0.1, 0.15) is 12.6 Å². The maximum Gasteiger partial charge on any atom is 0.407 e. The molecule has 0 spiro atoms. The number of amides is 2. The van der Waals surface area contributed by atoms with Gasteiger partial charge in [0.2, 0.25) is 5.91 Å². The molecule has 0 radical (unpaired) electrons. The molecule has 2 amide bonds. The van der Waals surface area contributed by atoms with Gasteiger partial charge in [0.05, 0.1) is 6.04 Å². The van der Waals surface area contributed by atoms with Gasteiger partial charge in [-0.05, 0) is 47.4 Å². The van der Waals surface area contributed by atoms with E-state index in [1.165, 1.54) is 11.1 Å². The summed E-state index contributed by atoms with van der Waals surface area (Å²) in [7, 11) is 0. The molecule has 0 bridgehead atoms. The molecule has 0 aromatic heterocycles. The Labute approximate surface area is 199 Å². The molecule has 182 valence electrons. The fourth-order valence-electron chi connectivity index (χ4n) is 4.14. The van der Waals surface area contributed by atoms with Crippen LogP contribution in [0.1, 0.15) is 50.2 Å². The molecule has 1 aliphatic carbocycles. The lowest BCUT2D eigenvalue weighted by molar-refractivity contribution is -0.142. The van der Waals surface area contributed by atoms with Gasteiger partial charge >= 0.3 is 12.1 Å². The number of unbranched alkanes of at least 4 members (excludes halogenated alkanes) is 1. The number of carboxylic acid groups (broad SMARTS) is 1. The number of fused-ring (bicyclic) bond motifs is 3. The molecule has 34 heavy (non-hydrogen) atoms. The average molecular weight is 468 g/mol. The Morgan fingerprint density at radius 3 is 2.15 bits per heavy atom. The van der Waals surface area contributed by atoms with E-state index in [0.717, 1.165) is 11.1 Å². The van der Waals surface area contributed by atoms with Gasteiger partial charge in [-0.2, -0.15) is 0 Å².